The molecule has 2 N–H and O–H groups in total. The molecule has 0 atom stereocenters. The Hall–Kier alpha value is -3.30. The number of benzene rings is 3. The highest BCUT2D eigenvalue weighted by Crippen LogP contribution is 2.19. The molecule has 33 heavy (non-hydrogen) atoms. The van der Waals surface area contributed by atoms with Crippen molar-refractivity contribution in [3.05, 3.63) is 95.6 Å². The number of rotatable bonds is 10. The number of halogens is 2. The summed E-state index contributed by atoms with van der Waals surface area (Å²) in [6.45, 7) is 2.15. The van der Waals surface area contributed by atoms with Crippen molar-refractivity contribution in [1.29, 1.82) is 0 Å². The number of carbonyl (C=O) groups is 1. The lowest BCUT2D eigenvalue weighted by molar-refractivity contribution is 0.0952. The number of sulfonamides is 1. The van der Waals surface area contributed by atoms with Crippen LogP contribution in [0.1, 0.15) is 22.3 Å². The van der Waals surface area contributed by atoms with Gasteiger partial charge >= 0.3 is 0 Å². The topological polar surface area (TPSA) is 78.5 Å². The van der Waals surface area contributed by atoms with Crippen molar-refractivity contribution in [3.8, 4) is 0 Å². The predicted molar refractivity (Wildman–Crippen MR) is 123 cm³/mol. The Labute approximate surface area is 192 Å². The minimum atomic E-state index is -4.10. The molecule has 0 aliphatic rings. The van der Waals surface area contributed by atoms with Gasteiger partial charge in [0.05, 0.1) is 4.90 Å². The largest absolute Gasteiger partial charge is 0.352 e. The molecule has 0 fully saturated rings. The number of hydrogen-bond acceptors (Lipinski definition) is 4. The third kappa shape index (κ3) is 7.10. The molecular weight excluding hydrogens is 448 g/mol. The van der Waals surface area contributed by atoms with E-state index in [4.69, 9.17) is 0 Å². The highest BCUT2D eigenvalue weighted by molar-refractivity contribution is 7.92. The van der Waals surface area contributed by atoms with Crippen LogP contribution in [0.5, 0.6) is 0 Å². The van der Waals surface area contributed by atoms with Crippen LogP contribution in [-0.4, -0.2) is 39.4 Å². The molecule has 9 heteroatoms. The van der Waals surface area contributed by atoms with E-state index in [1.165, 1.54) is 29.8 Å². The minimum absolute atomic E-state index is 0.193. The fraction of sp³-hybridized carbons (Fsp3) is 0.208. The third-order valence-corrected chi connectivity index (χ3v) is 6.28. The molecular formula is C24H25F2N3O3S. The highest BCUT2D eigenvalue weighted by Gasteiger charge is 2.17. The number of carbonyl (C=O) groups excluding carboxylic acids is 1. The van der Waals surface area contributed by atoms with E-state index in [0.29, 0.717) is 18.2 Å². The van der Waals surface area contributed by atoms with Crippen molar-refractivity contribution in [2.45, 2.75) is 17.9 Å². The summed E-state index contributed by atoms with van der Waals surface area (Å²) in [5, 5.41) is 2.84. The number of amides is 1. The van der Waals surface area contributed by atoms with E-state index in [1.807, 2.05) is 25.2 Å². The van der Waals surface area contributed by atoms with Crippen molar-refractivity contribution < 1.29 is 22.0 Å². The fourth-order valence-corrected chi connectivity index (χ4v) is 4.24. The molecule has 0 unspecified atom stereocenters. The fourth-order valence-electron chi connectivity index (χ4n) is 3.17. The van der Waals surface area contributed by atoms with Gasteiger partial charge in [-0.3, -0.25) is 9.52 Å². The molecule has 3 rings (SSSR count). The van der Waals surface area contributed by atoms with Gasteiger partial charge in [0, 0.05) is 24.3 Å². The Bertz CT molecular complexity index is 1190. The average Bonchev–Trinajstić information content (AvgIpc) is 2.79. The van der Waals surface area contributed by atoms with Crippen molar-refractivity contribution >= 4 is 21.6 Å². The molecule has 0 radical (unpaired) electrons. The second kappa shape index (κ2) is 11.0. The van der Waals surface area contributed by atoms with Crippen LogP contribution in [0, 0.1) is 11.6 Å². The van der Waals surface area contributed by atoms with E-state index in [-0.39, 0.29) is 11.6 Å². The Morgan fingerprint density at radius 2 is 1.64 bits per heavy atom. The van der Waals surface area contributed by atoms with Crippen LogP contribution in [0.25, 0.3) is 0 Å². The van der Waals surface area contributed by atoms with Crippen LogP contribution in [0.2, 0.25) is 0 Å². The lowest BCUT2D eigenvalue weighted by Gasteiger charge is -2.16. The second-order valence-corrected chi connectivity index (χ2v) is 9.27. The van der Waals surface area contributed by atoms with E-state index in [1.54, 1.807) is 0 Å². The zero-order valence-corrected chi connectivity index (χ0v) is 18.9. The zero-order valence-electron chi connectivity index (χ0n) is 18.1. The predicted octanol–water partition coefficient (Wildman–Crippen LogP) is 4.02. The van der Waals surface area contributed by atoms with Crippen molar-refractivity contribution in [3.63, 3.8) is 0 Å². The maximum absolute atomic E-state index is 13.3. The van der Waals surface area contributed by atoms with Gasteiger partial charge in [-0.2, -0.15) is 0 Å². The quantitative estimate of drug-likeness (QED) is 0.436. The molecule has 0 aliphatic heterocycles. The van der Waals surface area contributed by atoms with Gasteiger partial charge in [-0.1, -0.05) is 30.3 Å². The van der Waals surface area contributed by atoms with E-state index in [9.17, 15) is 22.0 Å². The molecule has 3 aromatic carbocycles. The van der Waals surface area contributed by atoms with Crippen LogP contribution in [0.15, 0.2) is 77.7 Å². The molecule has 174 valence electrons. The molecule has 0 saturated carbocycles. The first-order chi connectivity index (χ1) is 15.7. The summed E-state index contributed by atoms with van der Waals surface area (Å²) in [7, 11) is -2.07. The van der Waals surface area contributed by atoms with Gasteiger partial charge in [0.25, 0.3) is 15.9 Å². The van der Waals surface area contributed by atoms with Crippen LogP contribution in [-0.2, 0) is 16.6 Å². The van der Waals surface area contributed by atoms with Crippen LogP contribution < -0.4 is 10.0 Å². The first-order valence-electron chi connectivity index (χ1n) is 10.3. The minimum Gasteiger partial charge on any atom is -0.352 e. The standard InChI is InChI=1S/C24H25F2N3O3S/c1-29(17-18-6-3-2-4-7-18)15-5-14-27-24(30)19-8-10-20(11-9-19)28-33(31,32)21-12-13-22(25)23(26)16-21/h2-4,6-13,16,28H,5,14-15,17H2,1H3,(H,27,30). The summed E-state index contributed by atoms with van der Waals surface area (Å²) < 4.78 is 53.4. The van der Waals surface area contributed by atoms with Crippen molar-refractivity contribution in [2.24, 2.45) is 0 Å². The van der Waals surface area contributed by atoms with E-state index in [0.717, 1.165) is 31.6 Å². The van der Waals surface area contributed by atoms with Gasteiger partial charge < -0.3 is 10.2 Å². The smallest absolute Gasteiger partial charge is 0.261 e. The van der Waals surface area contributed by atoms with Gasteiger partial charge in [0.1, 0.15) is 0 Å². The SMILES string of the molecule is CN(CCCNC(=O)c1ccc(NS(=O)(=O)c2ccc(F)c(F)c2)cc1)Cc1ccccc1. The highest BCUT2D eigenvalue weighted by atomic mass is 32.2. The first kappa shape index (κ1) is 24.3. The first-order valence-corrected chi connectivity index (χ1v) is 11.8. The summed E-state index contributed by atoms with van der Waals surface area (Å²) in [6, 6.07) is 18.3. The molecule has 0 bridgehead atoms. The van der Waals surface area contributed by atoms with Crippen LogP contribution in [0.3, 0.4) is 0 Å². The number of anilines is 1. The molecule has 0 aromatic heterocycles. The Balaban J connectivity index is 1.47. The summed E-state index contributed by atoms with van der Waals surface area (Å²) in [4.78, 5) is 14.1. The maximum atomic E-state index is 13.3. The monoisotopic (exact) mass is 473 g/mol. The Morgan fingerprint density at radius 3 is 2.30 bits per heavy atom. The normalized spacial score (nSPS) is 11.4. The molecule has 6 nitrogen and oxygen atoms in total. The summed E-state index contributed by atoms with van der Waals surface area (Å²) in [6.07, 6.45) is 0.779. The maximum Gasteiger partial charge on any atom is 0.261 e. The molecule has 3 aromatic rings. The van der Waals surface area contributed by atoms with E-state index >= 15 is 0 Å². The van der Waals surface area contributed by atoms with E-state index in [2.05, 4.69) is 27.1 Å². The van der Waals surface area contributed by atoms with Crippen LogP contribution >= 0.6 is 0 Å². The lowest BCUT2D eigenvalue weighted by Crippen LogP contribution is -2.28. The molecule has 0 heterocycles. The molecule has 0 spiro atoms. The average molecular weight is 474 g/mol. The lowest BCUT2D eigenvalue weighted by atomic mass is 10.2. The number of nitrogens with zero attached hydrogens (tertiary/aromatic N) is 1. The van der Waals surface area contributed by atoms with Crippen LogP contribution in [0.4, 0.5) is 14.5 Å². The second-order valence-electron chi connectivity index (χ2n) is 7.59. The third-order valence-electron chi connectivity index (χ3n) is 4.90. The Kier molecular flexibility index (Phi) is 8.13. The molecule has 0 aliphatic carbocycles. The summed E-state index contributed by atoms with van der Waals surface area (Å²) >= 11 is 0. The van der Waals surface area contributed by atoms with Gasteiger partial charge in [0.2, 0.25) is 0 Å². The number of hydrogen-bond donors (Lipinski definition) is 2. The van der Waals surface area contributed by atoms with Crippen molar-refractivity contribution in [1.82, 2.24) is 10.2 Å². The van der Waals surface area contributed by atoms with Gasteiger partial charge in [-0.25, -0.2) is 17.2 Å². The summed E-state index contributed by atoms with van der Waals surface area (Å²) in [5.74, 6) is -2.65. The molecule has 1 amide bonds. The van der Waals surface area contributed by atoms with Gasteiger partial charge in [0.15, 0.2) is 11.6 Å². The zero-order chi connectivity index (χ0) is 23.8. The number of nitrogens with one attached hydrogen (secondary N) is 2. The Morgan fingerprint density at radius 1 is 0.939 bits per heavy atom. The summed E-state index contributed by atoms with van der Waals surface area (Å²) in [5.41, 5.74) is 1.80. The van der Waals surface area contributed by atoms with Gasteiger partial charge in [-0.05, 0) is 68.0 Å². The van der Waals surface area contributed by atoms with Gasteiger partial charge in [-0.15, -0.1) is 0 Å². The van der Waals surface area contributed by atoms with E-state index < -0.39 is 26.6 Å². The van der Waals surface area contributed by atoms with Crippen molar-refractivity contribution in [2.75, 3.05) is 24.9 Å². The molecule has 0 saturated heterocycles.